The second-order valence-corrected chi connectivity index (χ2v) is 6.86. The van der Waals surface area contributed by atoms with Gasteiger partial charge in [0.05, 0.1) is 18.7 Å². The van der Waals surface area contributed by atoms with Crippen molar-refractivity contribution in [3.63, 3.8) is 0 Å². The quantitative estimate of drug-likeness (QED) is 0.639. The third-order valence-electron chi connectivity index (χ3n) is 3.40. The molecule has 3 rings (SSSR count). The zero-order valence-corrected chi connectivity index (χ0v) is 15.4. The fraction of sp³-hybridized carbons (Fsp3) is 0.188. The first kappa shape index (κ1) is 19.2. The van der Waals surface area contributed by atoms with E-state index in [9.17, 15) is 13.2 Å². The van der Waals surface area contributed by atoms with Crippen molar-refractivity contribution in [2.24, 2.45) is 0 Å². The fourth-order valence-electron chi connectivity index (χ4n) is 2.18. The van der Waals surface area contributed by atoms with Gasteiger partial charge in [0.1, 0.15) is 22.4 Å². The van der Waals surface area contributed by atoms with Gasteiger partial charge in [-0.15, -0.1) is 11.3 Å². The van der Waals surface area contributed by atoms with Gasteiger partial charge >= 0.3 is 6.18 Å². The molecule has 3 aromatic rings. The molecule has 142 valence electrons. The normalized spacial score (nSPS) is 11.4. The number of benzene rings is 1. The number of ether oxygens (including phenoxy) is 1. The van der Waals surface area contributed by atoms with Crippen LogP contribution in [0.1, 0.15) is 10.7 Å². The monoisotopic (exact) mass is 415 g/mol. The highest BCUT2D eigenvalue weighted by Crippen LogP contribution is 2.32. The molecule has 0 bridgehead atoms. The Kier molecular flexibility index (Phi) is 5.38. The summed E-state index contributed by atoms with van der Waals surface area (Å²) in [6.07, 6.45) is -3.04. The highest BCUT2D eigenvalue weighted by atomic mass is 35.5. The lowest BCUT2D eigenvalue weighted by Crippen LogP contribution is -2.14. The number of halogens is 4. The maximum absolute atomic E-state index is 12.8. The summed E-state index contributed by atoms with van der Waals surface area (Å²) in [5.41, 5.74) is 6.23. The molecular weight excluding hydrogens is 403 g/mol. The molecule has 2 aromatic heterocycles. The van der Waals surface area contributed by atoms with Crippen LogP contribution in [0.3, 0.4) is 0 Å². The molecule has 6 nitrogen and oxygen atoms in total. The Hall–Kier alpha value is -2.59. The Labute approximate surface area is 161 Å². The van der Waals surface area contributed by atoms with Crippen molar-refractivity contribution < 1.29 is 17.9 Å². The van der Waals surface area contributed by atoms with Crippen LogP contribution >= 0.6 is 22.9 Å². The number of nitrogens with zero attached hydrogens (tertiary/aromatic N) is 3. The SMILES string of the molecule is COc1ccc(-c2ncc(CNc3cc(N)nc(C(F)(F)F)n3)s2)cc1Cl. The standard InChI is InChI=1S/C16H13ClF3N5OS/c1-26-11-3-2-8(4-10(11)17)14-23-7-9(27-14)6-22-13-5-12(21)24-15(25-13)16(18,19)20/h2-5,7H,6H2,1H3,(H3,21,22,24,25). The number of nitrogens with two attached hydrogens (primary N) is 1. The van der Waals surface area contributed by atoms with Crippen LogP contribution in [0.4, 0.5) is 24.8 Å². The summed E-state index contributed by atoms with van der Waals surface area (Å²) in [6, 6.07) is 6.53. The van der Waals surface area contributed by atoms with E-state index in [4.69, 9.17) is 22.1 Å². The minimum absolute atomic E-state index is 0.0164. The number of hydrogen-bond donors (Lipinski definition) is 2. The predicted molar refractivity (Wildman–Crippen MR) is 97.9 cm³/mol. The Bertz CT molecular complexity index is 963. The molecule has 0 saturated heterocycles. The van der Waals surface area contributed by atoms with E-state index in [0.717, 1.165) is 15.4 Å². The molecule has 0 saturated carbocycles. The van der Waals surface area contributed by atoms with Crippen molar-refractivity contribution in [1.29, 1.82) is 0 Å². The smallest absolute Gasteiger partial charge is 0.451 e. The summed E-state index contributed by atoms with van der Waals surface area (Å²) < 4.78 is 43.4. The van der Waals surface area contributed by atoms with Gasteiger partial charge in [-0.2, -0.15) is 13.2 Å². The summed E-state index contributed by atoms with van der Waals surface area (Å²) in [4.78, 5) is 11.7. The molecule has 0 amide bonds. The number of nitrogens with one attached hydrogen (secondary N) is 1. The summed E-state index contributed by atoms with van der Waals surface area (Å²) >= 11 is 7.49. The number of alkyl halides is 3. The van der Waals surface area contributed by atoms with Crippen molar-refractivity contribution in [3.05, 3.63) is 46.2 Å². The molecule has 3 N–H and O–H groups in total. The first-order chi connectivity index (χ1) is 12.8. The Balaban J connectivity index is 1.74. The van der Waals surface area contributed by atoms with Gasteiger partial charge in [-0.3, -0.25) is 0 Å². The van der Waals surface area contributed by atoms with Crippen LogP contribution in [0.25, 0.3) is 10.6 Å². The molecule has 2 heterocycles. The number of rotatable bonds is 5. The van der Waals surface area contributed by atoms with Crippen LogP contribution in [0.15, 0.2) is 30.5 Å². The second kappa shape index (κ2) is 7.57. The van der Waals surface area contributed by atoms with E-state index in [2.05, 4.69) is 20.3 Å². The van der Waals surface area contributed by atoms with Crippen LogP contribution in [-0.4, -0.2) is 22.1 Å². The molecule has 0 aliphatic rings. The minimum Gasteiger partial charge on any atom is -0.495 e. The van der Waals surface area contributed by atoms with Gasteiger partial charge in [0.15, 0.2) is 0 Å². The topological polar surface area (TPSA) is 86.0 Å². The molecule has 0 fully saturated rings. The van der Waals surface area contributed by atoms with E-state index in [1.165, 1.54) is 24.5 Å². The van der Waals surface area contributed by atoms with Gasteiger partial charge in [0.2, 0.25) is 5.82 Å². The lowest BCUT2D eigenvalue weighted by molar-refractivity contribution is -0.144. The van der Waals surface area contributed by atoms with Crippen LogP contribution in [0.2, 0.25) is 5.02 Å². The van der Waals surface area contributed by atoms with Crippen LogP contribution in [-0.2, 0) is 12.7 Å². The lowest BCUT2D eigenvalue weighted by atomic mass is 10.2. The summed E-state index contributed by atoms with van der Waals surface area (Å²) in [7, 11) is 1.53. The van der Waals surface area contributed by atoms with Gasteiger partial charge in [-0.25, -0.2) is 15.0 Å². The molecule has 0 atom stereocenters. The zero-order valence-electron chi connectivity index (χ0n) is 13.8. The Morgan fingerprint density at radius 3 is 2.70 bits per heavy atom. The summed E-state index contributed by atoms with van der Waals surface area (Å²) in [6.45, 7) is 0.231. The zero-order chi connectivity index (χ0) is 19.6. The minimum atomic E-state index is -4.67. The van der Waals surface area contributed by atoms with Crippen molar-refractivity contribution in [1.82, 2.24) is 15.0 Å². The second-order valence-electron chi connectivity index (χ2n) is 5.33. The molecule has 0 aliphatic carbocycles. The third kappa shape index (κ3) is 4.58. The van der Waals surface area contributed by atoms with E-state index in [1.807, 2.05) is 6.07 Å². The number of aromatic nitrogens is 3. The van der Waals surface area contributed by atoms with E-state index in [0.29, 0.717) is 10.8 Å². The summed E-state index contributed by atoms with van der Waals surface area (Å²) in [5.74, 6) is -1.02. The molecule has 1 aromatic carbocycles. The lowest BCUT2D eigenvalue weighted by Gasteiger charge is -2.09. The number of methoxy groups -OCH3 is 1. The number of thiazole rings is 1. The average molecular weight is 416 g/mol. The molecule has 0 spiro atoms. The first-order valence-corrected chi connectivity index (χ1v) is 8.70. The van der Waals surface area contributed by atoms with Crippen molar-refractivity contribution in [2.45, 2.75) is 12.7 Å². The molecule has 0 radical (unpaired) electrons. The van der Waals surface area contributed by atoms with Gasteiger partial charge in [-0.05, 0) is 18.2 Å². The highest BCUT2D eigenvalue weighted by molar-refractivity contribution is 7.15. The maximum Gasteiger partial charge on any atom is 0.451 e. The number of hydrogen-bond acceptors (Lipinski definition) is 7. The van der Waals surface area contributed by atoms with Crippen LogP contribution < -0.4 is 15.8 Å². The highest BCUT2D eigenvalue weighted by Gasteiger charge is 2.35. The van der Waals surface area contributed by atoms with Gasteiger partial charge in [0.25, 0.3) is 0 Å². The molecule has 0 aliphatic heterocycles. The van der Waals surface area contributed by atoms with Crippen LogP contribution in [0.5, 0.6) is 5.75 Å². The maximum atomic E-state index is 12.8. The largest absolute Gasteiger partial charge is 0.495 e. The molecule has 27 heavy (non-hydrogen) atoms. The van der Waals surface area contributed by atoms with E-state index in [-0.39, 0.29) is 18.2 Å². The Morgan fingerprint density at radius 1 is 1.26 bits per heavy atom. The fourth-order valence-corrected chi connectivity index (χ4v) is 3.29. The van der Waals surface area contributed by atoms with E-state index < -0.39 is 12.0 Å². The van der Waals surface area contributed by atoms with Crippen LogP contribution in [0, 0.1) is 0 Å². The van der Waals surface area contributed by atoms with Gasteiger partial charge < -0.3 is 15.8 Å². The first-order valence-electron chi connectivity index (χ1n) is 7.50. The third-order valence-corrected chi connectivity index (χ3v) is 4.74. The number of nitrogen functional groups attached to an aromatic ring is 1. The predicted octanol–water partition coefficient (Wildman–Crippen LogP) is 4.48. The summed E-state index contributed by atoms with van der Waals surface area (Å²) in [5, 5.41) is 3.98. The van der Waals surface area contributed by atoms with Crippen molar-refractivity contribution in [3.8, 4) is 16.3 Å². The average Bonchev–Trinajstić information content (AvgIpc) is 3.08. The molecule has 11 heteroatoms. The molecular formula is C16H13ClF3N5OS. The van der Waals surface area contributed by atoms with Gasteiger partial charge in [-0.1, -0.05) is 11.6 Å². The van der Waals surface area contributed by atoms with Crippen molar-refractivity contribution in [2.75, 3.05) is 18.2 Å². The Morgan fingerprint density at radius 2 is 2.04 bits per heavy atom. The van der Waals surface area contributed by atoms with Gasteiger partial charge in [0, 0.05) is 22.7 Å². The molecule has 0 unspecified atom stereocenters. The number of anilines is 2. The van der Waals surface area contributed by atoms with E-state index in [1.54, 1.807) is 18.3 Å². The van der Waals surface area contributed by atoms with Crippen molar-refractivity contribution >= 4 is 34.6 Å². The van der Waals surface area contributed by atoms with E-state index >= 15 is 0 Å².